The van der Waals surface area contributed by atoms with E-state index in [9.17, 15) is 0 Å². The third-order valence-electron chi connectivity index (χ3n) is 3.47. The summed E-state index contributed by atoms with van der Waals surface area (Å²) in [5.41, 5.74) is 7.59. The van der Waals surface area contributed by atoms with Crippen LogP contribution in [0.1, 0.15) is 5.56 Å². The molecular formula is C18H20N2O4. The number of benzene rings is 2. The van der Waals surface area contributed by atoms with Gasteiger partial charge < -0.3 is 24.5 Å². The first kappa shape index (κ1) is 16.3. The summed E-state index contributed by atoms with van der Waals surface area (Å²) in [5.74, 6) is 1.13. The predicted molar refractivity (Wildman–Crippen MR) is 90.1 cm³/mol. The van der Waals surface area contributed by atoms with Crippen molar-refractivity contribution in [2.45, 2.75) is 12.6 Å². The van der Waals surface area contributed by atoms with E-state index >= 15 is 0 Å². The van der Waals surface area contributed by atoms with Crippen LogP contribution in [0.15, 0.2) is 53.1 Å². The molecule has 1 unspecified atom stereocenters. The number of nitrogens with zero attached hydrogens (tertiary/aromatic N) is 1. The highest BCUT2D eigenvalue weighted by atomic mass is 16.5. The highest BCUT2D eigenvalue weighted by molar-refractivity contribution is 5.83. The molecule has 2 aromatic carbocycles. The summed E-state index contributed by atoms with van der Waals surface area (Å²) in [6.07, 6.45) is 0. The lowest BCUT2D eigenvalue weighted by Crippen LogP contribution is -2.32. The SMILES string of the molecule is COCC(N)COc1noc2ccc(OCc3ccccc3)cc12. The molecule has 1 aromatic heterocycles. The molecule has 0 aliphatic heterocycles. The number of hydrogen-bond acceptors (Lipinski definition) is 6. The Balaban J connectivity index is 1.68. The summed E-state index contributed by atoms with van der Waals surface area (Å²) >= 11 is 0. The van der Waals surface area contributed by atoms with Crippen LogP contribution in [0, 0.1) is 0 Å². The first-order valence-corrected chi connectivity index (χ1v) is 7.69. The lowest BCUT2D eigenvalue weighted by molar-refractivity contribution is 0.149. The van der Waals surface area contributed by atoms with Gasteiger partial charge >= 0.3 is 0 Å². The maximum atomic E-state index is 5.85. The standard InChI is InChI=1S/C18H20N2O4/c1-21-11-14(19)12-23-18-16-9-15(7-8-17(16)24-20-18)22-10-13-5-3-2-4-6-13/h2-9,14H,10-12,19H2,1H3. The zero-order chi connectivity index (χ0) is 16.8. The molecule has 126 valence electrons. The zero-order valence-electron chi connectivity index (χ0n) is 13.5. The number of fused-ring (bicyclic) bond motifs is 1. The third kappa shape index (κ3) is 4.04. The number of ether oxygens (including phenoxy) is 3. The average Bonchev–Trinajstić information content (AvgIpc) is 3.02. The Kier molecular flexibility index (Phi) is 5.30. The van der Waals surface area contributed by atoms with Crippen LogP contribution < -0.4 is 15.2 Å². The molecule has 0 fully saturated rings. The van der Waals surface area contributed by atoms with Gasteiger partial charge in [-0.1, -0.05) is 30.3 Å². The Morgan fingerprint density at radius 3 is 2.71 bits per heavy atom. The lowest BCUT2D eigenvalue weighted by atomic mass is 10.2. The van der Waals surface area contributed by atoms with Gasteiger partial charge in [0.2, 0.25) is 0 Å². The van der Waals surface area contributed by atoms with Crippen LogP contribution >= 0.6 is 0 Å². The highest BCUT2D eigenvalue weighted by Crippen LogP contribution is 2.29. The van der Waals surface area contributed by atoms with Crippen LogP contribution in [0.4, 0.5) is 0 Å². The molecule has 3 rings (SSSR count). The van der Waals surface area contributed by atoms with Crippen LogP contribution in [-0.4, -0.2) is 31.5 Å². The fourth-order valence-electron chi connectivity index (χ4n) is 2.28. The smallest absolute Gasteiger partial charge is 0.262 e. The fraction of sp³-hybridized carbons (Fsp3) is 0.278. The van der Waals surface area contributed by atoms with E-state index in [1.807, 2.05) is 48.5 Å². The van der Waals surface area contributed by atoms with E-state index in [2.05, 4.69) is 5.16 Å². The molecule has 1 atom stereocenters. The van der Waals surface area contributed by atoms with Gasteiger partial charge in [-0.25, -0.2) is 0 Å². The van der Waals surface area contributed by atoms with Gasteiger partial charge in [0.15, 0.2) is 5.58 Å². The molecule has 24 heavy (non-hydrogen) atoms. The van der Waals surface area contributed by atoms with E-state index in [4.69, 9.17) is 24.5 Å². The molecule has 0 radical (unpaired) electrons. The molecule has 3 aromatic rings. The van der Waals surface area contributed by atoms with Crippen LogP contribution in [0.2, 0.25) is 0 Å². The van der Waals surface area contributed by atoms with Gasteiger partial charge in [0.25, 0.3) is 5.88 Å². The first-order chi connectivity index (χ1) is 11.8. The van der Waals surface area contributed by atoms with Crippen molar-refractivity contribution in [3.05, 3.63) is 54.1 Å². The van der Waals surface area contributed by atoms with E-state index in [-0.39, 0.29) is 6.04 Å². The second kappa shape index (κ2) is 7.81. The van der Waals surface area contributed by atoms with Crippen LogP contribution in [0.25, 0.3) is 11.0 Å². The molecule has 1 heterocycles. The second-order valence-electron chi connectivity index (χ2n) is 5.45. The number of nitrogens with two attached hydrogens (primary N) is 1. The Hall–Kier alpha value is -2.57. The Bertz CT molecular complexity index is 773. The maximum Gasteiger partial charge on any atom is 0.262 e. The summed E-state index contributed by atoms with van der Waals surface area (Å²) < 4.78 is 21.7. The molecule has 0 aliphatic rings. The van der Waals surface area contributed by atoms with Gasteiger partial charge in [0.05, 0.1) is 18.0 Å². The van der Waals surface area contributed by atoms with E-state index < -0.39 is 0 Å². The van der Waals surface area contributed by atoms with Crippen molar-refractivity contribution in [1.82, 2.24) is 5.16 Å². The van der Waals surface area contributed by atoms with E-state index in [0.717, 1.165) is 16.7 Å². The molecule has 0 bridgehead atoms. The monoisotopic (exact) mass is 328 g/mol. The third-order valence-corrected chi connectivity index (χ3v) is 3.47. The summed E-state index contributed by atoms with van der Waals surface area (Å²) in [4.78, 5) is 0. The quantitative estimate of drug-likeness (QED) is 0.685. The molecule has 2 N–H and O–H groups in total. The van der Waals surface area contributed by atoms with Crippen LogP contribution in [0.3, 0.4) is 0 Å². The highest BCUT2D eigenvalue weighted by Gasteiger charge is 2.12. The topological polar surface area (TPSA) is 79.7 Å². The van der Waals surface area contributed by atoms with Gasteiger partial charge in [-0.2, -0.15) is 0 Å². The van der Waals surface area contributed by atoms with Gasteiger partial charge in [-0.3, -0.25) is 0 Å². The van der Waals surface area contributed by atoms with Crippen molar-refractivity contribution in [3.63, 3.8) is 0 Å². The molecule has 0 amide bonds. The van der Waals surface area contributed by atoms with Crippen molar-refractivity contribution in [2.24, 2.45) is 5.73 Å². The Morgan fingerprint density at radius 2 is 1.92 bits per heavy atom. The molecule has 6 heteroatoms. The summed E-state index contributed by atoms with van der Waals surface area (Å²) in [6.45, 7) is 1.21. The molecule has 0 spiro atoms. The van der Waals surface area contributed by atoms with Crippen molar-refractivity contribution in [2.75, 3.05) is 20.3 Å². The molecule has 0 saturated carbocycles. The fourth-order valence-corrected chi connectivity index (χ4v) is 2.28. The molecule has 0 saturated heterocycles. The lowest BCUT2D eigenvalue weighted by Gasteiger charge is -2.10. The van der Waals surface area contributed by atoms with E-state index in [1.165, 1.54) is 0 Å². The minimum atomic E-state index is -0.223. The first-order valence-electron chi connectivity index (χ1n) is 7.69. The number of aromatic nitrogens is 1. The van der Waals surface area contributed by atoms with Gasteiger partial charge in [-0.05, 0) is 28.9 Å². The normalized spacial score (nSPS) is 12.2. The van der Waals surface area contributed by atoms with Gasteiger partial charge in [0, 0.05) is 7.11 Å². The second-order valence-corrected chi connectivity index (χ2v) is 5.45. The summed E-state index contributed by atoms with van der Waals surface area (Å²) in [7, 11) is 1.60. The van der Waals surface area contributed by atoms with Crippen LogP contribution in [-0.2, 0) is 11.3 Å². The largest absolute Gasteiger partial charge is 0.489 e. The molecule has 6 nitrogen and oxygen atoms in total. The van der Waals surface area contributed by atoms with Crippen molar-refractivity contribution < 1.29 is 18.7 Å². The van der Waals surface area contributed by atoms with Gasteiger partial charge in [-0.15, -0.1) is 0 Å². The Morgan fingerprint density at radius 1 is 1.08 bits per heavy atom. The predicted octanol–water partition coefficient (Wildman–Crippen LogP) is 2.76. The van der Waals surface area contributed by atoms with Crippen molar-refractivity contribution in [1.29, 1.82) is 0 Å². The summed E-state index contributed by atoms with van der Waals surface area (Å²) in [6, 6.07) is 15.3. The Labute approximate surface area is 140 Å². The molecule has 0 aliphatic carbocycles. The van der Waals surface area contributed by atoms with E-state index in [1.54, 1.807) is 7.11 Å². The minimum absolute atomic E-state index is 0.223. The summed E-state index contributed by atoms with van der Waals surface area (Å²) in [5, 5.41) is 4.69. The average molecular weight is 328 g/mol. The number of rotatable bonds is 8. The molecular weight excluding hydrogens is 308 g/mol. The van der Waals surface area contributed by atoms with Gasteiger partial charge in [0.1, 0.15) is 19.0 Å². The number of methoxy groups -OCH3 is 1. The van der Waals surface area contributed by atoms with Crippen molar-refractivity contribution >= 4 is 11.0 Å². The van der Waals surface area contributed by atoms with E-state index in [0.29, 0.717) is 31.3 Å². The van der Waals surface area contributed by atoms with Crippen LogP contribution in [0.5, 0.6) is 11.6 Å². The number of hydrogen-bond donors (Lipinski definition) is 1. The maximum absolute atomic E-state index is 5.85. The zero-order valence-corrected chi connectivity index (χ0v) is 13.5. The minimum Gasteiger partial charge on any atom is -0.489 e. The van der Waals surface area contributed by atoms with Crippen molar-refractivity contribution in [3.8, 4) is 11.6 Å².